The summed E-state index contributed by atoms with van der Waals surface area (Å²) in [7, 11) is 0. The molecule has 0 saturated carbocycles. The molecule has 0 fully saturated rings. The van der Waals surface area contributed by atoms with E-state index in [9.17, 15) is 9.50 Å². The van der Waals surface area contributed by atoms with E-state index in [2.05, 4.69) is 4.99 Å². The highest BCUT2D eigenvalue weighted by Crippen LogP contribution is 2.37. The minimum absolute atomic E-state index is 0.0476. The average molecular weight is 470 g/mol. The van der Waals surface area contributed by atoms with Crippen molar-refractivity contribution in [2.24, 2.45) is 10.1 Å². The summed E-state index contributed by atoms with van der Waals surface area (Å²) in [6, 6.07) is 29.1. The molecule has 1 unspecified atom stereocenters. The maximum atomic E-state index is 13.5. The van der Waals surface area contributed by atoms with Crippen molar-refractivity contribution in [3.63, 3.8) is 0 Å². The van der Waals surface area contributed by atoms with Gasteiger partial charge in [-0.05, 0) is 65.7 Å². The fourth-order valence-corrected chi connectivity index (χ4v) is 4.17. The Morgan fingerprint density at radius 1 is 0.941 bits per heavy atom. The van der Waals surface area contributed by atoms with Gasteiger partial charge in [0.1, 0.15) is 11.6 Å². The van der Waals surface area contributed by atoms with E-state index >= 15 is 0 Å². The molecule has 0 bridgehead atoms. The van der Waals surface area contributed by atoms with Crippen molar-refractivity contribution in [3.8, 4) is 5.75 Å². The molecule has 0 radical (unpaired) electrons. The summed E-state index contributed by atoms with van der Waals surface area (Å²) in [5.74, 6) is -0.143. The molecule has 1 heterocycles. The summed E-state index contributed by atoms with van der Waals surface area (Å²) in [4.78, 5) is 4.52. The minimum atomic E-state index is -0.259. The SMILES string of the molecule is Oc1ccc(Cl)cc1C=Nc1cccc(C2=NN(c3ccccc3)C(c3ccc(F)cc3)C2)c1. The molecule has 4 aromatic carbocycles. The molecule has 0 aliphatic carbocycles. The third-order valence-corrected chi connectivity index (χ3v) is 5.94. The van der Waals surface area contributed by atoms with Gasteiger partial charge < -0.3 is 5.11 Å². The first-order chi connectivity index (χ1) is 16.6. The van der Waals surface area contributed by atoms with E-state index in [0.29, 0.717) is 17.0 Å². The Labute approximate surface area is 202 Å². The molecule has 1 aliphatic heterocycles. The molecule has 1 N–H and O–H groups in total. The fraction of sp³-hybridized carbons (Fsp3) is 0.0714. The quantitative estimate of drug-likeness (QED) is 0.312. The van der Waals surface area contributed by atoms with Gasteiger partial charge in [0.05, 0.1) is 23.1 Å². The van der Waals surface area contributed by atoms with Gasteiger partial charge in [0, 0.05) is 23.2 Å². The van der Waals surface area contributed by atoms with Crippen molar-refractivity contribution in [2.45, 2.75) is 12.5 Å². The van der Waals surface area contributed by atoms with Crippen molar-refractivity contribution >= 4 is 34.9 Å². The highest BCUT2D eigenvalue weighted by atomic mass is 35.5. The maximum absolute atomic E-state index is 13.5. The molecule has 168 valence electrons. The average Bonchev–Trinajstić information content (AvgIpc) is 3.31. The van der Waals surface area contributed by atoms with Crippen LogP contribution in [0, 0.1) is 5.82 Å². The van der Waals surface area contributed by atoms with Gasteiger partial charge in [-0.1, -0.05) is 54.1 Å². The zero-order valence-corrected chi connectivity index (χ0v) is 18.9. The number of para-hydroxylation sites is 1. The highest BCUT2D eigenvalue weighted by Gasteiger charge is 2.30. The second kappa shape index (κ2) is 9.49. The Kier molecular flexibility index (Phi) is 6.11. The standard InChI is InChI=1S/C28H21ClFN3O/c29-22-11-14-28(34)21(15-22)18-31-24-6-4-5-20(16-24)26-17-27(19-9-12-23(30)13-10-19)33(32-26)25-7-2-1-3-8-25/h1-16,18,27,34H,17H2. The lowest BCUT2D eigenvalue weighted by Crippen LogP contribution is -2.18. The van der Waals surface area contributed by atoms with Crippen LogP contribution in [-0.4, -0.2) is 17.0 Å². The lowest BCUT2D eigenvalue weighted by Gasteiger charge is -2.23. The van der Waals surface area contributed by atoms with E-state index < -0.39 is 0 Å². The first-order valence-electron chi connectivity index (χ1n) is 10.9. The number of hydrogen-bond acceptors (Lipinski definition) is 4. The summed E-state index contributed by atoms with van der Waals surface area (Å²) >= 11 is 6.03. The van der Waals surface area contributed by atoms with Gasteiger partial charge in [0.25, 0.3) is 0 Å². The van der Waals surface area contributed by atoms with Crippen molar-refractivity contribution in [1.29, 1.82) is 0 Å². The van der Waals surface area contributed by atoms with Gasteiger partial charge in [-0.2, -0.15) is 5.10 Å². The number of phenols is 1. The van der Waals surface area contributed by atoms with E-state index in [4.69, 9.17) is 16.7 Å². The van der Waals surface area contributed by atoms with Crippen LogP contribution in [-0.2, 0) is 0 Å². The molecular formula is C28H21ClFN3O. The van der Waals surface area contributed by atoms with Crippen molar-refractivity contribution < 1.29 is 9.50 Å². The van der Waals surface area contributed by atoms with Crippen molar-refractivity contribution in [3.05, 3.63) is 125 Å². The maximum Gasteiger partial charge on any atom is 0.124 e. The van der Waals surface area contributed by atoms with Crippen molar-refractivity contribution in [2.75, 3.05) is 5.01 Å². The first kappa shape index (κ1) is 21.9. The number of rotatable bonds is 5. The van der Waals surface area contributed by atoms with E-state index in [-0.39, 0.29) is 17.6 Å². The molecule has 0 spiro atoms. The van der Waals surface area contributed by atoms with Crippen LogP contribution >= 0.6 is 11.6 Å². The van der Waals surface area contributed by atoms with Gasteiger partial charge in [-0.25, -0.2) is 4.39 Å². The summed E-state index contributed by atoms with van der Waals surface area (Å²) in [6.45, 7) is 0. The van der Waals surface area contributed by atoms with Gasteiger partial charge in [-0.15, -0.1) is 0 Å². The second-order valence-corrected chi connectivity index (χ2v) is 8.45. The molecule has 0 aromatic heterocycles. The first-order valence-corrected chi connectivity index (χ1v) is 11.2. The molecule has 5 rings (SSSR count). The Balaban J connectivity index is 1.46. The zero-order chi connectivity index (χ0) is 23.5. The van der Waals surface area contributed by atoms with Crippen LogP contribution in [0.15, 0.2) is 107 Å². The van der Waals surface area contributed by atoms with E-state index in [1.54, 1.807) is 24.4 Å². The van der Waals surface area contributed by atoms with E-state index in [0.717, 1.165) is 28.2 Å². The number of anilines is 1. The number of aromatic hydroxyl groups is 1. The minimum Gasteiger partial charge on any atom is -0.507 e. The third kappa shape index (κ3) is 4.70. The zero-order valence-electron chi connectivity index (χ0n) is 18.1. The molecular weight excluding hydrogens is 449 g/mol. The Bertz CT molecular complexity index is 1370. The lowest BCUT2D eigenvalue weighted by molar-refractivity contribution is 0.474. The topological polar surface area (TPSA) is 48.2 Å². The summed E-state index contributed by atoms with van der Waals surface area (Å²) < 4.78 is 13.5. The number of phenolic OH excluding ortho intramolecular Hbond substituents is 1. The normalized spacial score (nSPS) is 15.6. The third-order valence-electron chi connectivity index (χ3n) is 5.71. The number of benzene rings is 4. The fourth-order valence-electron chi connectivity index (χ4n) is 3.99. The van der Waals surface area contributed by atoms with Crippen LogP contribution in [0.2, 0.25) is 5.02 Å². The van der Waals surface area contributed by atoms with Gasteiger partial charge in [0.2, 0.25) is 0 Å². The molecule has 4 aromatic rings. The summed E-state index contributed by atoms with van der Waals surface area (Å²) in [5.41, 5.74) is 5.11. The smallest absolute Gasteiger partial charge is 0.124 e. The Morgan fingerprint density at radius 2 is 1.74 bits per heavy atom. The lowest BCUT2D eigenvalue weighted by atomic mass is 9.98. The number of nitrogens with zero attached hydrogens (tertiary/aromatic N) is 3. The Hall–Kier alpha value is -3.96. The predicted octanol–water partition coefficient (Wildman–Crippen LogP) is 7.29. The number of aliphatic imine (C=N–C) groups is 1. The van der Waals surface area contributed by atoms with E-state index in [1.165, 1.54) is 12.1 Å². The molecule has 0 saturated heterocycles. The monoisotopic (exact) mass is 469 g/mol. The Morgan fingerprint density at radius 3 is 2.53 bits per heavy atom. The van der Waals surface area contributed by atoms with Crippen molar-refractivity contribution in [1.82, 2.24) is 0 Å². The highest BCUT2D eigenvalue weighted by molar-refractivity contribution is 6.30. The van der Waals surface area contributed by atoms with Gasteiger partial charge in [-0.3, -0.25) is 10.0 Å². The second-order valence-electron chi connectivity index (χ2n) is 8.01. The largest absolute Gasteiger partial charge is 0.507 e. The number of hydrazone groups is 1. The summed E-state index contributed by atoms with van der Waals surface area (Å²) in [6.07, 6.45) is 2.26. The van der Waals surface area contributed by atoms with Crippen LogP contribution in [0.1, 0.15) is 29.2 Å². The van der Waals surface area contributed by atoms with Crippen LogP contribution in [0.25, 0.3) is 0 Å². The van der Waals surface area contributed by atoms with Crippen LogP contribution in [0.3, 0.4) is 0 Å². The van der Waals surface area contributed by atoms with Gasteiger partial charge in [0.15, 0.2) is 0 Å². The molecule has 4 nitrogen and oxygen atoms in total. The summed E-state index contributed by atoms with van der Waals surface area (Å²) in [5, 5.41) is 17.5. The molecule has 0 amide bonds. The molecule has 34 heavy (non-hydrogen) atoms. The van der Waals surface area contributed by atoms with Crippen LogP contribution in [0.4, 0.5) is 15.8 Å². The molecule has 1 aliphatic rings. The predicted molar refractivity (Wildman–Crippen MR) is 136 cm³/mol. The number of halogens is 2. The van der Waals surface area contributed by atoms with E-state index in [1.807, 2.05) is 71.7 Å². The molecule has 6 heteroatoms. The van der Waals surface area contributed by atoms with Crippen LogP contribution in [0.5, 0.6) is 5.75 Å². The van der Waals surface area contributed by atoms with Crippen LogP contribution < -0.4 is 5.01 Å². The number of hydrogen-bond donors (Lipinski definition) is 1. The molecule has 1 atom stereocenters. The van der Waals surface area contributed by atoms with Gasteiger partial charge >= 0.3 is 0 Å².